The molecule has 0 aliphatic heterocycles. The standard InChI is InChI=1S/C43H28N4.2C37H24N4.3Pt/c1-46-41-21-9-8-20-39(41)45-43(46)37-28-42-36(27-34(37)30-15-6-3-7-16-30)35-26-31(29-13-4-2-5-14-29)22-23-40(35)47(42)33-18-12-17-32(25-33)38-19-10-11-24-44-38;1-40-34-19-8-6-17-32(34)39-37(40)27-20-21-31-30-15-5-7-18-33(30)41(35(31)24-27)28-14-9-13-26(23-28)36-29(16-10-22-38-36)25-11-3-2-4-12-25;1-40-35-17-8-6-15-32(35)39-37(40)28-18-19-31-30-14-5-7-16-34(30)41(36(31)24-28)29-13-9-12-27(22-29)33-23-26(20-21-38-33)25-10-3-2-4-11-25;;;/h2-24,26-27H,1H3;2-22H,1H3;2-21,23H,1H3;;;/q3*-2;3*+2. The normalized spacial score (nSPS) is 11.3. The molecule has 12 nitrogen and oxygen atoms in total. The van der Waals surface area contributed by atoms with Crippen molar-refractivity contribution in [3.63, 3.8) is 0 Å². The molecule has 0 aliphatic rings. The maximum atomic E-state index is 5.15. The van der Waals surface area contributed by atoms with Crippen LogP contribution in [0.2, 0.25) is 0 Å². The molecule has 0 saturated carbocycles. The molecule has 15 heteroatoms. The van der Waals surface area contributed by atoms with Crippen LogP contribution in [0.15, 0.2) is 407 Å². The van der Waals surface area contributed by atoms with E-state index in [0.29, 0.717) is 0 Å². The molecule has 0 saturated heterocycles. The van der Waals surface area contributed by atoms with Crippen LogP contribution in [0.1, 0.15) is 0 Å². The summed E-state index contributed by atoms with van der Waals surface area (Å²) in [6.45, 7) is 0. The summed E-state index contributed by atoms with van der Waals surface area (Å²) in [6.07, 6.45) is 5.54. The minimum absolute atomic E-state index is 0. The van der Waals surface area contributed by atoms with Gasteiger partial charge in [0.1, 0.15) is 0 Å². The van der Waals surface area contributed by atoms with Gasteiger partial charge in [-0.3, -0.25) is 15.0 Å². The van der Waals surface area contributed by atoms with Gasteiger partial charge in [-0.05, 0) is 173 Å². The molecule has 0 fully saturated rings. The predicted molar refractivity (Wildman–Crippen MR) is 526 cm³/mol. The molecule has 25 aromatic rings. The number of aryl methyl sites for hydroxylation is 3. The third kappa shape index (κ3) is 15.5. The molecule has 9 heterocycles. The summed E-state index contributed by atoms with van der Waals surface area (Å²) in [7, 11) is 6.21. The van der Waals surface area contributed by atoms with Crippen molar-refractivity contribution in [2.75, 3.05) is 0 Å². The van der Waals surface area contributed by atoms with Crippen molar-refractivity contribution in [1.29, 1.82) is 0 Å². The molecule has 0 radical (unpaired) electrons. The van der Waals surface area contributed by atoms with Crippen LogP contribution < -0.4 is 0 Å². The Morgan fingerprint density at radius 2 is 0.629 bits per heavy atom. The summed E-state index contributed by atoms with van der Waals surface area (Å²) >= 11 is 0. The summed E-state index contributed by atoms with van der Waals surface area (Å²) in [4.78, 5) is 29.1. The van der Waals surface area contributed by atoms with E-state index in [1.54, 1.807) is 0 Å². The molecule has 132 heavy (non-hydrogen) atoms. The largest absolute Gasteiger partial charge is 2.00 e. The van der Waals surface area contributed by atoms with Crippen molar-refractivity contribution in [3.8, 4) is 130 Å². The number of nitrogens with zero attached hydrogens (tertiary/aromatic N) is 12. The number of aromatic nitrogens is 12. The van der Waals surface area contributed by atoms with Gasteiger partial charge in [0.05, 0.1) is 50.6 Å². The molecule has 0 bridgehead atoms. The van der Waals surface area contributed by atoms with Crippen LogP contribution in [0.25, 0.3) is 228 Å². The smallest absolute Gasteiger partial charge is 0.367 e. The molecule has 16 aromatic carbocycles. The van der Waals surface area contributed by atoms with Gasteiger partial charge in [0, 0.05) is 56.3 Å². The van der Waals surface area contributed by atoms with E-state index in [1.165, 1.54) is 27.5 Å². The van der Waals surface area contributed by atoms with Crippen molar-refractivity contribution >= 4 is 98.5 Å². The first-order valence-corrected chi connectivity index (χ1v) is 43.1. The van der Waals surface area contributed by atoms with Crippen molar-refractivity contribution in [2.24, 2.45) is 21.1 Å². The van der Waals surface area contributed by atoms with E-state index in [2.05, 4.69) is 405 Å². The second-order valence-corrected chi connectivity index (χ2v) is 32.2. The zero-order chi connectivity index (χ0) is 86.0. The Hall–Kier alpha value is -15.2. The van der Waals surface area contributed by atoms with Crippen molar-refractivity contribution in [1.82, 2.24) is 57.3 Å². The minimum Gasteiger partial charge on any atom is -0.367 e. The molecule has 634 valence electrons. The summed E-state index contributed by atoms with van der Waals surface area (Å²) in [6, 6.07) is 157. The number of hydrogen-bond donors (Lipinski definition) is 0. The third-order valence-electron chi connectivity index (χ3n) is 24.5. The molecular weight excluding hydrogens is 2160 g/mol. The van der Waals surface area contributed by atoms with Crippen LogP contribution in [-0.2, 0) is 84.3 Å². The van der Waals surface area contributed by atoms with Crippen molar-refractivity contribution in [2.45, 2.75) is 0 Å². The molecular formula is C117H76N12Pt3. The molecule has 0 atom stereocenters. The van der Waals surface area contributed by atoms with Gasteiger partial charge < -0.3 is 42.4 Å². The van der Waals surface area contributed by atoms with Crippen molar-refractivity contribution in [3.05, 3.63) is 443 Å². The van der Waals surface area contributed by atoms with E-state index in [1.807, 2.05) is 91.4 Å². The summed E-state index contributed by atoms with van der Waals surface area (Å²) in [5, 5.41) is 6.92. The number of rotatable bonds is 13. The maximum absolute atomic E-state index is 5.15. The van der Waals surface area contributed by atoms with E-state index in [9.17, 15) is 0 Å². The third-order valence-corrected chi connectivity index (χ3v) is 24.5. The van der Waals surface area contributed by atoms with E-state index in [0.717, 1.165) is 201 Å². The van der Waals surface area contributed by atoms with Crippen LogP contribution in [0.5, 0.6) is 0 Å². The summed E-state index contributed by atoms with van der Waals surface area (Å²) < 4.78 is 13.2. The van der Waals surface area contributed by atoms with Gasteiger partial charge in [-0.2, -0.15) is 0 Å². The first kappa shape index (κ1) is 85.0. The number of imidazole rings is 3. The second-order valence-electron chi connectivity index (χ2n) is 32.2. The van der Waals surface area contributed by atoms with Gasteiger partial charge in [0.15, 0.2) is 0 Å². The molecule has 0 aliphatic carbocycles. The summed E-state index contributed by atoms with van der Waals surface area (Å²) in [5.74, 6) is 2.66. The Morgan fingerprint density at radius 3 is 1.14 bits per heavy atom. The Labute approximate surface area is 806 Å². The Bertz CT molecular complexity index is 8610. The first-order valence-electron chi connectivity index (χ1n) is 43.1. The van der Waals surface area contributed by atoms with E-state index >= 15 is 0 Å². The van der Waals surface area contributed by atoms with Gasteiger partial charge in [-0.15, -0.1) is 149 Å². The maximum Gasteiger partial charge on any atom is 2.00 e. The molecule has 0 unspecified atom stereocenters. The number of benzene rings is 16. The van der Waals surface area contributed by atoms with Gasteiger partial charge >= 0.3 is 63.2 Å². The van der Waals surface area contributed by atoms with Crippen LogP contribution in [-0.4, -0.2) is 57.3 Å². The average molecular weight is 2240 g/mol. The van der Waals surface area contributed by atoms with Gasteiger partial charge in [0.25, 0.3) is 0 Å². The number of pyridine rings is 3. The van der Waals surface area contributed by atoms with Gasteiger partial charge in [-0.1, -0.05) is 263 Å². The average Bonchev–Trinajstić information content (AvgIpc) is 1.43. The Balaban J connectivity index is 0.000000122. The second kappa shape index (κ2) is 36.4. The zero-order valence-corrected chi connectivity index (χ0v) is 78.3. The molecule has 0 N–H and O–H groups in total. The SMILES string of the molecule is Cn1c(-c2[c-]c3c(cc2)c2ccccc2n3-c2[c-]c(-c3cc(-c4ccccc4)ccn3)ccc2)nc2ccccc21.Cn1c(-c2[c-]c3c(cc2)c2ccccc2n3-c2[c-]c(-c3ncccc3-c3ccccc3)ccc2)nc2ccccc21.Cn1c(-c2[c-]c3c(cc2-c2ccccc2)c2cc(-c4ccccc4)ccc2n3-c2[c-]c(-c3ccccn3)ccc2)nc2ccccc21.[Pt+2].[Pt+2].[Pt+2]. The quantitative estimate of drug-likeness (QED) is 0.106. The predicted octanol–water partition coefficient (Wildman–Crippen LogP) is 27.7. The van der Waals surface area contributed by atoms with E-state index < -0.39 is 0 Å². The molecule has 0 spiro atoms. The van der Waals surface area contributed by atoms with E-state index in [4.69, 9.17) is 24.9 Å². The van der Waals surface area contributed by atoms with Crippen LogP contribution in [0, 0.1) is 36.4 Å². The van der Waals surface area contributed by atoms with E-state index in [-0.39, 0.29) is 63.2 Å². The van der Waals surface area contributed by atoms with Gasteiger partial charge in [-0.25, -0.2) is 0 Å². The molecule has 9 aromatic heterocycles. The fourth-order valence-corrected chi connectivity index (χ4v) is 18.3. The monoisotopic (exact) mass is 2230 g/mol. The number of hydrogen-bond acceptors (Lipinski definition) is 6. The van der Waals surface area contributed by atoms with Crippen LogP contribution >= 0.6 is 0 Å². The minimum atomic E-state index is 0. The zero-order valence-electron chi connectivity index (χ0n) is 71.5. The molecule has 0 amide bonds. The Morgan fingerprint density at radius 1 is 0.220 bits per heavy atom. The molecule has 25 rings (SSSR count). The summed E-state index contributed by atoms with van der Waals surface area (Å²) in [5.41, 5.74) is 32.7. The Kier molecular flexibility index (Phi) is 23.4. The first-order chi connectivity index (χ1) is 63.7. The fraction of sp³-hybridized carbons (Fsp3) is 0.0256. The van der Waals surface area contributed by atoms with Crippen molar-refractivity contribution < 1.29 is 63.2 Å². The van der Waals surface area contributed by atoms with Gasteiger partial charge in [0.2, 0.25) is 0 Å². The number of para-hydroxylation sites is 8. The van der Waals surface area contributed by atoms with Crippen LogP contribution in [0.4, 0.5) is 0 Å². The fourth-order valence-electron chi connectivity index (χ4n) is 18.3. The topological polar surface area (TPSA) is 107 Å². The van der Waals surface area contributed by atoms with Crippen LogP contribution in [0.3, 0.4) is 0 Å². The number of fused-ring (bicyclic) bond motifs is 12.